The van der Waals surface area contributed by atoms with Crippen LogP contribution in [0.5, 0.6) is 0 Å². The summed E-state index contributed by atoms with van der Waals surface area (Å²) in [5, 5.41) is 0. The number of benzene rings is 1. The zero-order chi connectivity index (χ0) is 9.73. The third-order valence-electron chi connectivity index (χ3n) is 1.83. The van der Waals surface area contributed by atoms with Gasteiger partial charge in [0.1, 0.15) is 6.07 Å². The molecule has 0 aliphatic heterocycles. The quantitative estimate of drug-likeness (QED) is 0.705. The van der Waals surface area contributed by atoms with Gasteiger partial charge in [-0.25, -0.2) is 0 Å². The van der Waals surface area contributed by atoms with E-state index >= 15 is 0 Å². The Morgan fingerprint density at radius 3 is 2.46 bits per heavy atom. The molecule has 3 heteroatoms. The molecular weight excluding hydrogens is 207 g/mol. The lowest BCUT2D eigenvalue weighted by Crippen LogP contribution is -2.20. The van der Waals surface area contributed by atoms with E-state index in [1.807, 2.05) is 37.3 Å². The molecule has 1 aromatic carbocycles. The van der Waals surface area contributed by atoms with Crippen LogP contribution in [0.3, 0.4) is 0 Å². The summed E-state index contributed by atoms with van der Waals surface area (Å²) >= 11 is 11.7. The van der Waals surface area contributed by atoms with Gasteiger partial charge in [-0.05, 0) is 12.5 Å². The molecule has 0 aromatic heterocycles. The van der Waals surface area contributed by atoms with Gasteiger partial charge in [0, 0.05) is 0 Å². The Morgan fingerprint density at radius 1 is 1.31 bits per heavy atom. The fourth-order valence-corrected chi connectivity index (χ4v) is 1.38. The monoisotopic (exact) mass is 218 g/mol. The molecule has 0 fully saturated rings. The highest BCUT2D eigenvalue weighted by Gasteiger charge is 2.23. The second-order valence-electron chi connectivity index (χ2n) is 3.02. The molecule has 1 aromatic rings. The van der Waals surface area contributed by atoms with Gasteiger partial charge in [-0.1, -0.05) is 41.9 Å². The van der Waals surface area contributed by atoms with Crippen LogP contribution in [0.1, 0.15) is 12.5 Å². The predicted molar refractivity (Wildman–Crippen MR) is 56.3 cm³/mol. The maximum Gasteiger partial charge on any atom is 0.120 e. The lowest BCUT2D eigenvalue weighted by atomic mass is 10.0. The Hall–Kier alpha value is -0.240. The molecule has 0 heterocycles. The van der Waals surface area contributed by atoms with Crippen LogP contribution in [-0.4, -0.2) is 12.7 Å². The summed E-state index contributed by atoms with van der Waals surface area (Å²) in [5.41, 5.74) is 1.04. The van der Waals surface area contributed by atoms with Crippen molar-refractivity contribution in [3.05, 3.63) is 35.9 Å². The minimum atomic E-state index is -0.490. The molecule has 0 aliphatic rings. The van der Waals surface area contributed by atoms with Gasteiger partial charge in [0.15, 0.2) is 0 Å². The van der Waals surface area contributed by atoms with Crippen LogP contribution in [-0.2, 0) is 9.61 Å². The molecule has 13 heavy (non-hydrogen) atoms. The summed E-state index contributed by atoms with van der Waals surface area (Å²) in [5.74, 6) is 0. The van der Waals surface area contributed by atoms with E-state index in [4.69, 9.17) is 27.9 Å². The first kappa shape index (κ1) is 10.8. The van der Waals surface area contributed by atoms with Crippen LogP contribution in [0, 0.1) is 0 Å². The van der Waals surface area contributed by atoms with E-state index in [0.717, 1.165) is 5.56 Å². The van der Waals surface area contributed by atoms with Crippen molar-refractivity contribution in [1.29, 1.82) is 0 Å². The zero-order valence-electron chi connectivity index (χ0n) is 7.47. The van der Waals surface area contributed by atoms with Crippen molar-refractivity contribution >= 4 is 23.2 Å². The number of alkyl halides is 2. The van der Waals surface area contributed by atoms with Crippen LogP contribution in [0.2, 0.25) is 0 Å². The molecule has 0 N–H and O–H groups in total. The van der Waals surface area contributed by atoms with Gasteiger partial charge in [0.05, 0.1) is 11.5 Å². The standard InChI is InChI=1S/C10H12Cl2O/c1-10(12,7-13-8-11)9-5-3-2-4-6-9/h2-6H,7-8H2,1H3. The summed E-state index contributed by atoms with van der Waals surface area (Å²) < 4.78 is 5.09. The van der Waals surface area contributed by atoms with Crippen molar-refractivity contribution in [2.75, 3.05) is 12.7 Å². The topological polar surface area (TPSA) is 9.23 Å². The number of hydrogen-bond acceptors (Lipinski definition) is 1. The number of ether oxygens (including phenoxy) is 1. The molecule has 1 rings (SSSR count). The van der Waals surface area contributed by atoms with E-state index in [2.05, 4.69) is 0 Å². The van der Waals surface area contributed by atoms with Gasteiger partial charge in [0.25, 0.3) is 0 Å². The van der Waals surface area contributed by atoms with E-state index in [0.29, 0.717) is 6.61 Å². The summed E-state index contributed by atoms with van der Waals surface area (Å²) in [6, 6.07) is 10.00. The first-order valence-electron chi connectivity index (χ1n) is 4.05. The highest BCUT2D eigenvalue weighted by atomic mass is 35.5. The van der Waals surface area contributed by atoms with Crippen molar-refractivity contribution in [3.8, 4) is 0 Å². The van der Waals surface area contributed by atoms with Crippen LogP contribution >= 0.6 is 23.2 Å². The third-order valence-corrected chi connectivity index (χ3v) is 2.31. The minimum Gasteiger partial charge on any atom is -0.364 e. The average molecular weight is 219 g/mol. The van der Waals surface area contributed by atoms with E-state index in [1.165, 1.54) is 0 Å². The highest BCUT2D eigenvalue weighted by Crippen LogP contribution is 2.28. The van der Waals surface area contributed by atoms with Gasteiger partial charge < -0.3 is 4.74 Å². The first-order valence-corrected chi connectivity index (χ1v) is 4.96. The van der Waals surface area contributed by atoms with Crippen molar-refractivity contribution in [2.45, 2.75) is 11.8 Å². The average Bonchev–Trinajstić information content (AvgIpc) is 2.16. The van der Waals surface area contributed by atoms with Gasteiger partial charge in [-0.15, -0.1) is 11.6 Å². The second-order valence-corrected chi connectivity index (χ2v) is 4.07. The molecule has 0 aliphatic carbocycles. The Bertz CT molecular complexity index is 246. The molecule has 0 spiro atoms. The molecule has 1 unspecified atom stereocenters. The second kappa shape index (κ2) is 4.85. The third kappa shape index (κ3) is 3.18. The van der Waals surface area contributed by atoms with Crippen LogP contribution in [0.25, 0.3) is 0 Å². The lowest BCUT2D eigenvalue weighted by molar-refractivity contribution is 0.153. The van der Waals surface area contributed by atoms with E-state index in [9.17, 15) is 0 Å². The first-order chi connectivity index (χ1) is 6.17. The van der Waals surface area contributed by atoms with Gasteiger partial charge in [-0.2, -0.15) is 0 Å². The van der Waals surface area contributed by atoms with E-state index < -0.39 is 4.87 Å². The van der Waals surface area contributed by atoms with Crippen molar-refractivity contribution in [2.24, 2.45) is 0 Å². The molecule has 0 radical (unpaired) electrons. The highest BCUT2D eigenvalue weighted by molar-refractivity contribution is 6.24. The Balaban J connectivity index is 2.69. The zero-order valence-corrected chi connectivity index (χ0v) is 8.98. The van der Waals surface area contributed by atoms with Crippen molar-refractivity contribution < 1.29 is 4.74 Å². The molecule has 0 bridgehead atoms. The molecule has 0 saturated heterocycles. The Kier molecular flexibility index (Phi) is 4.04. The molecule has 1 nitrogen and oxygen atoms in total. The maximum absolute atomic E-state index is 6.26. The van der Waals surface area contributed by atoms with Crippen LogP contribution in [0.4, 0.5) is 0 Å². The summed E-state index contributed by atoms with van der Waals surface area (Å²) in [7, 11) is 0. The maximum atomic E-state index is 6.26. The van der Waals surface area contributed by atoms with E-state index in [1.54, 1.807) is 0 Å². The summed E-state index contributed by atoms with van der Waals surface area (Å²) in [6.45, 7) is 2.33. The Labute approximate surface area is 88.6 Å². The smallest absolute Gasteiger partial charge is 0.120 e. The fraction of sp³-hybridized carbons (Fsp3) is 0.400. The predicted octanol–water partition coefficient (Wildman–Crippen LogP) is 3.35. The molecular formula is C10H12Cl2O. The number of rotatable bonds is 4. The number of hydrogen-bond donors (Lipinski definition) is 0. The van der Waals surface area contributed by atoms with Crippen LogP contribution < -0.4 is 0 Å². The van der Waals surface area contributed by atoms with Gasteiger partial charge in [-0.3, -0.25) is 0 Å². The molecule has 72 valence electrons. The fourth-order valence-electron chi connectivity index (χ4n) is 1.10. The largest absolute Gasteiger partial charge is 0.364 e. The lowest BCUT2D eigenvalue weighted by Gasteiger charge is -2.21. The molecule has 1 atom stereocenters. The molecule has 0 amide bonds. The molecule has 0 saturated carbocycles. The summed E-state index contributed by atoms with van der Waals surface area (Å²) in [6.07, 6.45) is 0. The van der Waals surface area contributed by atoms with Crippen LogP contribution in [0.15, 0.2) is 30.3 Å². The Morgan fingerprint density at radius 2 is 1.92 bits per heavy atom. The SMILES string of the molecule is CC(Cl)(COCCl)c1ccccc1. The van der Waals surface area contributed by atoms with Gasteiger partial charge >= 0.3 is 0 Å². The normalized spacial score (nSPS) is 15.3. The van der Waals surface area contributed by atoms with Crippen molar-refractivity contribution in [3.63, 3.8) is 0 Å². The minimum absolute atomic E-state index is 0.176. The number of halogens is 2. The summed E-state index contributed by atoms with van der Waals surface area (Å²) in [4.78, 5) is -0.490. The van der Waals surface area contributed by atoms with E-state index in [-0.39, 0.29) is 6.07 Å². The van der Waals surface area contributed by atoms with Gasteiger partial charge in [0.2, 0.25) is 0 Å². The van der Waals surface area contributed by atoms with Crippen molar-refractivity contribution in [1.82, 2.24) is 0 Å².